The van der Waals surface area contributed by atoms with Crippen LogP contribution in [0.25, 0.3) is 0 Å². The van der Waals surface area contributed by atoms with Gasteiger partial charge in [-0.15, -0.1) is 0 Å². The van der Waals surface area contributed by atoms with Crippen LogP contribution >= 0.6 is 0 Å². The minimum Gasteiger partial charge on any atom is -0.355 e. The van der Waals surface area contributed by atoms with Crippen molar-refractivity contribution >= 4 is 5.91 Å². The van der Waals surface area contributed by atoms with Gasteiger partial charge in [0.1, 0.15) is 0 Å². The van der Waals surface area contributed by atoms with E-state index in [1.165, 1.54) is 0 Å². The maximum absolute atomic E-state index is 10.9. The molecule has 0 bridgehead atoms. The molecular weight excluding hydrogens is 140 g/mol. The Hall–Kier alpha value is -0.570. The van der Waals surface area contributed by atoms with Crippen LogP contribution in [0, 0.1) is 0 Å². The molecule has 0 radical (unpaired) electrons. The van der Waals surface area contributed by atoms with E-state index in [0.717, 1.165) is 25.9 Å². The molecule has 0 saturated heterocycles. The molecule has 2 N–H and O–H groups in total. The van der Waals surface area contributed by atoms with Gasteiger partial charge in [-0.2, -0.15) is 0 Å². The Labute approximate surface area is 68.6 Å². The van der Waals surface area contributed by atoms with Crippen molar-refractivity contribution in [2.24, 2.45) is 0 Å². The number of amides is 1. The second-order valence-electron chi connectivity index (χ2n) is 2.53. The smallest absolute Gasteiger partial charge is 0.233 e. The average molecular weight is 158 g/mol. The molecule has 1 amide bonds. The fourth-order valence-electron chi connectivity index (χ4n) is 0.706. The number of nitrogens with one attached hydrogen (secondary N) is 2. The third-order valence-corrected chi connectivity index (χ3v) is 1.28. The van der Waals surface area contributed by atoms with Gasteiger partial charge in [-0.3, -0.25) is 4.79 Å². The van der Waals surface area contributed by atoms with E-state index >= 15 is 0 Å². The molecule has 0 spiro atoms. The van der Waals surface area contributed by atoms with Crippen LogP contribution in [0.1, 0.15) is 26.7 Å². The summed E-state index contributed by atoms with van der Waals surface area (Å²) in [6.07, 6.45) is 2.07. The molecule has 0 aliphatic carbocycles. The predicted molar refractivity (Wildman–Crippen MR) is 46.5 cm³/mol. The van der Waals surface area contributed by atoms with Gasteiger partial charge in [-0.05, 0) is 19.4 Å². The SMILES string of the molecule is CCCNCC(=O)NCCC. The van der Waals surface area contributed by atoms with Gasteiger partial charge >= 0.3 is 0 Å². The molecule has 0 aromatic rings. The Bertz CT molecular complexity index is 104. The second-order valence-corrected chi connectivity index (χ2v) is 2.53. The van der Waals surface area contributed by atoms with Crippen molar-refractivity contribution in [3.63, 3.8) is 0 Å². The summed E-state index contributed by atoms with van der Waals surface area (Å²) in [5, 5.41) is 5.82. The molecule has 66 valence electrons. The van der Waals surface area contributed by atoms with E-state index in [1.54, 1.807) is 0 Å². The van der Waals surface area contributed by atoms with Gasteiger partial charge < -0.3 is 10.6 Å². The average Bonchev–Trinajstić information content (AvgIpc) is 2.01. The lowest BCUT2D eigenvalue weighted by Gasteiger charge is -2.03. The first-order chi connectivity index (χ1) is 5.31. The molecule has 0 aliphatic rings. The van der Waals surface area contributed by atoms with Gasteiger partial charge in [-0.25, -0.2) is 0 Å². The summed E-state index contributed by atoms with van der Waals surface area (Å²) in [6.45, 7) is 6.27. The summed E-state index contributed by atoms with van der Waals surface area (Å²) >= 11 is 0. The lowest BCUT2D eigenvalue weighted by atomic mass is 10.4. The van der Waals surface area contributed by atoms with Crippen molar-refractivity contribution in [1.29, 1.82) is 0 Å². The third-order valence-electron chi connectivity index (χ3n) is 1.28. The molecule has 3 heteroatoms. The van der Waals surface area contributed by atoms with E-state index in [2.05, 4.69) is 17.6 Å². The van der Waals surface area contributed by atoms with Gasteiger partial charge in [0.2, 0.25) is 5.91 Å². The zero-order valence-corrected chi connectivity index (χ0v) is 7.44. The second kappa shape index (κ2) is 7.54. The van der Waals surface area contributed by atoms with E-state index < -0.39 is 0 Å². The molecule has 3 nitrogen and oxygen atoms in total. The summed E-state index contributed by atoms with van der Waals surface area (Å²) in [4.78, 5) is 10.9. The van der Waals surface area contributed by atoms with Crippen molar-refractivity contribution in [3.8, 4) is 0 Å². The highest BCUT2D eigenvalue weighted by atomic mass is 16.1. The van der Waals surface area contributed by atoms with Gasteiger partial charge in [0.25, 0.3) is 0 Å². The lowest BCUT2D eigenvalue weighted by molar-refractivity contribution is -0.120. The standard InChI is InChI=1S/C8H18N2O/c1-3-5-9-7-8(11)10-6-4-2/h9H,3-7H2,1-2H3,(H,10,11). The van der Waals surface area contributed by atoms with Crippen LogP contribution in [0.3, 0.4) is 0 Å². The molecule has 0 aliphatic heterocycles. The quantitative estimate of drug-likeness (QED) is 0.553. The van der Waals surface area contributed by atoms with Crippen LogP contribution in [-0.2, 0) is 4.79 Å². The third kappa shape index (κ3) is 7.33. The van der Waals surface area contributed by atoms with Gasteiger partial charge in [-0.1, -0.05) is 13.8 Å². The van der Waals surface area contributed by atoms with Gasteiger partial charge in [0, 0.05) is 6.54 Å². The van der Waals surface area contributed by atoms with Crippen molar-refractivity contribution < 1.29 is 4.79 Å². The molecule has 0 unspecified atom stereocenters. The van der Waals surface area contributed by atoms with E-state index in [-0.39, 0.29) is 5.91 Å². The Kier molecular flexibility index (Phi) is 7.15. The van der Waals surface area contributed by atoms with E-state index in [4.69, 9.17) is 0 Å². The molecule has 0 aromatic carbocycles. The largest absolute Gasteiger partial charge is 0.355 e. The number of hydrogen-bond donors (Lipinski definition) is 2. The normalized spacial score (nSPS) is 9.64. The lowest BCUT2D eigenvalue weighted by Crippen LogP contribution is -2.34. The van der Waals surface area contributed by atoms with Crippen molar-refractivity contribution in [2.75, 3.05) is 19.6 Å². The van der Waals surface area contributed by atoms with Crippen LogP contribution in [0.2, 0.25) is 0 Å². The Morgan fingerprint density at radius 1 is 1.18 bits per heavy atom. The summed E-state index contributed by atoms with van der Waals surface area (Å²) < 4.78 is 0. The van der Waals surface area contributed by atoms with Crippen LogP contribution < -0.4 is 10.6 Å². The molecule has 0 heterocycles. The monoisotopic (exact) mass is 158 g/mol. The fourth-order valence-corrected chi connectivity index (χ4v) is 0.706. The number of carbonyl (C=O) groups excluding carboxylic acids is 1. The summed E-state index contributed by atoms with van der Waals surface area (Å²) in [5.41, 5.74) is 0. The zero-order valence-electron chi connectivity index (χ0n) is 7.44. The minimum atomic E-state index is 0.0975. The van der Waals surface area contributed by atoms with Crippen molar-refractivity contribution in [1.82, 2.24) is 10.6 Å². The molecule has 0 saturated carbocycles. The number of carbonyl (C=O) groups is 1. The first kappa shape index (κ1) is 10.4. The number of hydrogen-bond acceptors (Lipinski definition) is 2. The highest BCUT2D eigenvalue weighted by molar-refractivity contribution is 5.77. The Morgan fingerprint density at radius 3 is 2.36 bits per heavy atom. The van der Waals surface area contributed by atoms with Crippen LogP contribution in [0.15, 0.2) is 0 Å². The molecule has 11 heavy (non-hydrogen) atoms. The molecule has 0 rings (SSSR count). The molecule has 0 atom stereocenters. The fraction of sp³-hybridized carbons (Fsp3) is 0.875. The van der Waals surface area contributed by atoms with Gasteiger partial charge in [0.15, 0.2) is 0 Å². The molecule has 0 aromatic heterocycles. The number of rotatable bonds is 6. The van der Waals surface area contributed by atoms with E-state index in [1.807, 2.05) is 6.92 Å². The van der Waals surface area contributed by atoms with Crippen molar-refractivity contribution in [2.45, 2.75) is 26.7 Å². The van der Waals surface area contributed by atoms with Crippen molar-refractivity contribution in [3.05, 3.63) is 0 Å². The highest BCUT2D eigenvalue weighted by Gasteiger charge is 1.96. The summed E-state index contributed by atoms with van der Waals surface area (Å²) in [5.74, 6) is 0.0975. The Balaban J connectivity index is 3.09. The predicted octanol–water partition coefficient (Wildman–Crippen LogP) is 0.512. The maximum Gasteiger partial charge on any atom is 0.233 e. The summed E-state index contributed by atoms with van der Waals surface area (Å²) in [7, 11) is 0. The Morgan fingerprint density at radius 2 is 1.82 bits per heavy atom. The van der Waals surface area contributed by atoms with Crippen LogP contribution in [-0.4, -0.2) is 25.5 Å². The first-order valence-corrected chi connectivity index (χ1v) is 4.28. The van der Waals surface area contributed by atoms with E-state index in [0.29, 0.717) is 6.54 Å². The minimum absolute atomic E-state index is 0.0975. The summed E-state index contributed by atoms with van der Waals surface area (Å²) in [6, 6.07) is 0. The van der Waals surface area contributed by atoms with Gasteiger partial charge in [0.05, 0.1) is 6.54 Å². The highest BCUT2D eigenvalue weighted by Crippen LogP contribution is 1.72. The first-order valence-electron chi connectivity index (χ1n) is 4.28. The van der Waals surface area contributed by atoms with Crippen LogP contribution in [0.4, 0.5) is 0 Å². The topological polar surface area (TPSA) is 41.1 Å². The molecule has 0 fully saturated rings. The van der Waals surface area contributed by atoms with Crippen LogP contribution in [0.5, 0.6) is 0 Å². The zero-order chi connectivity index (χ0) is 8.53. The van der Waals surface area contributed by atoms with E-state index in [9.17, 15) is 4.79 Å². The molecular formula is C8H18N2O. The maximum atomic E-state index is 10.9.